The summed E-state index contributed by atoms with van der Waals surface area (Å²) in [5, 5.41) is 14.7. The Kier molecular flexibility index (Phi) is 3.48. The maximum absolute atomic E-state index is 7.16. The Balaban J connectivity index is 2.31. The van der Waals surface area contributed by atoms with Gasteiger partial charge in [0.25, 0.3) is 0 Å². The summed E-state index contributed by atoms with van der Waals surface area (Å²) < 4.78 is 0.933. The van der Waals surface area contributed by atoms with E-state index in [4.69, 9.17) is 11.1 Å². The van der Waals surface area contributed by atoms with Gasteiger partial charge in [-0.1, -0.05) is 30.0 Å². The molecule has 1 aromatic rings. The standard InChI is InChI=1S/C6H10N4S2/c1-4(5(7)8)2-11-6-10-9-3-12-6/h3-4H,2H2,1H3,(H3,7,8). The number of hydrogen-bond donors (Lipinski definition) is 2. The third-order valence-corrected chi connectivity index (χ3v) is 3.45. The molecule has 0 fully saturated rings. The van der Waals surface area contributed by atoms with Crippen molar-refractivity contribution in [2.24, 2.45) is 11.7 Å². The number of aromatic nitrogens is 2. The average Bonchev–Trinajstić information content (AvgIpc) is 2.51. The number of nitrogens with zero attached hydrogens (tertiary/aromatic N) is 2. The molecule has 0 saturated heterocycles. The lowest BCUT2D eigenvalue weighted by Crippen LogP contribution is -2.21. The number of rotatable bonds is 4. The number of nitrogens with two attached hydrogens (primary N) is 1. The Morgan fingerprint density at radius 3 is 3.17 bits per heavy atom. The fourth-order valence-electron chi connectivity index (χ4n) is 0.512. The van der Waals surface area contributed by atoms with Gasteiger partial charge in [-0.15, -0.1) is 10.2 Å². The lowest BCUT2D eigenvalue weighted by molar-refractivity contribution is 0.877. The predicted molar refractivity (Wildman–Crippen MR) is 51.7 cm³/mol. The van der Waals surface area contributed by atoms with E-state index >= 15 is 0 Å². The first-order valence-corrected chi connectivity index (χ1v) is 5.29. The second-order valence-corrected chi connectivity index (χ2v) is 4.47. The van der Waals surface area contributed by atoms with Crippen LogP contribution in [0.25, 0.3) is 0 Å². The van der Waals surface area contributed by atoms with Gasteiger partial charge in [0.15, 0.2) is 4.34 Å². The summed E-state index contributed by atoms with van der Waals surface area (Å²) in [6, 6.07) is 0. The second-order valence-electron chi connectivity index (χ2n) is 2.37. The van der Waals surface area contributed by atoms with Crippen molar-refractivity contribution < 1.29 is 0 Å². The molecule has 1 aromatic heterocycles. The molecular weight excluding hydrogens is 192 g/mol. The van der Waals surface area contributed by atoms with E-state index in [1.54, 1.807) is 17.3 Å². The number of thioether (sulfide) groups is 1. The Bertz CT molecular complexity index is 246. The highest BCUT2D eigenvalue weighted by molar-refractivity contribution is 8.01. The average molecular weight is 202 g/mol. The highest BCUT2D eigenvalue weighted by atomic mass is 32.2. The second kappa shape index (κ2) is 4.42. The van der Waals surface area contributed by atoms with Gasteiger partial charge in [-0.3, -0.25) is 5.41 Å². The highest BCUT2D eigenvalue weighted by Crippen LogP contribution is 2.21. The van der Waals surface area contributed by atoms with Gasteiger partial charge < -0.3 is 5.73 Å². The van der Waals surface area contributed by atoms with Crippen molar-refractivity contribution in [2.75, 3.05) is 5.75 Å². The molecule has 3 N–H and O–H groups in total. The van der Waals surface area contributed by atoms with E-state index in [0.717, 1.165) is 10.1 Å². The Morgan fingerprint density at radius 2 is 2.67 bits per heavy atom. The fraction of sp³-hybridized carbons (Fsp3) is 0.500. The van der Waals surface area contributed by atoms with Crippen molar-refractivity contribution in [1.29, 1.82) is 5.41 Å². The summed E-state index contributed by atoms with van der Waals surface area (Å²) in [5.74, 6) is 1.13. The zero-order chi connectivity index (χ0) is 8.97. The van der Waals surface area contributed by atoms with E-state index in [0.29, 0.717) is 0 Å². The van der Waals surface area contributed by atoms with Crippen molar-refractivity contribution in [1.82, 2.24) is 10.2 Å². The first-order chi connectivity index (χ1) is 5.70. The van der Waals surface area contributed by atoms with Gasteiger partial charge in [-0.05, 0) is 0 Å². The monoisotopic (exact) mass is 202 g/mol. The maximum atomic E-state index is 7.16. The van der Waals surface area contributed by atoms with E-state index in [1.807, 2.05) is 6.92 Å². The van der Waals surface area contributed by atoms with E-state index in [-0.39, 0.29) is 11.8 Å². The Hall–Kier alpha value is -0.620. The third kappa shape index (κ3) is 2.78. The topological polar surface area (TPSA) is 75.7 Å². The smallest absolute Gasteiger partial charge is 0.174 e. The van der Waals surface area contributed by atoms with Crippen molar-refractivity contribution in [3.05, 3.63) is 5.51 Å². The first kappa shape index (κ1) is 9.47. The van der Waals surface area contributed by atoms with Crippen LogP contribution in [0.3, 0.4) is 0 Å². The highest BCUT2D eigenvalue weighted by Gasteiger charge is 2.06. The SMILES string of the molecule is CC(CSc1nncs1)C(=N)N. The number of amidine groups is 1. The van der Waals surface area contributed by atoms with Gasteiger partial charge in [-0.2, -0.15) is 0 Å². The predicted octanol–water partition coefficient (Wildman–Crippen LogP) is 1.20. The molecule has 0 radical (unpaired) electrons. The molecule has 4 nitrogen and oxygen atoms in total. The van der Waals surface area contributed by atoms with Crippen LogP contribution in [0.2, 0.25) is 0 Å². The van der Waals surface area contributed by atoms with Gasteiger partial charge in [0.05, 0.1) is 5.84 Å². The third-order valence-electron chi connectivity index (χ3n) is 1.33. The van der Waals surface area contributed by atoms with Crippen LogP contribution in [0.4, 0.5) is 0 Å². The summed E-state index contributed by atoms with van der Waals surface area (Å²) in [6.45, 7) is 1.93. The van der Waals surface area contributed by atoms with Crippen LogP contribution < -0.4 is 5.73 Å². The quantitative estimate of drug-likeness (QED) is 0.437. The van der Waals surface area contributed by atoms with Gasteiger partial charge in [0, 0.05) is 11.7 Å². The van der Waals surface area contributed by atoms with Crippen molar-refractivity contribution in [2.45, 2.75) is 11.3 Å². The molecule has 0 aliphatic heterocycles. The first-order valence-electron chi connectivity index (χ1n) is 3.43. The van der Waals surface area contributed by atoms with Gasteiger partial charge in [-0.25, -0.2) is 0 Å². The number of hydrogen-bond acceptors (Lipinski definition) is 5. The molecule has 0 aromatic carbocycles. The van der Waals surface area contributed by atoms with Crippen LogP contribution in [0.1, 0.15) is 6.92 Å². The summed E-state index contributed by atoms with van der Waals surface area (Å²) >= 11 is 3.09. The summed E-state index contributed by atoms with van der Waals surface area (Å²) in [6.07, 6.45) is 0. The van der Waals surface area contributed by atoms with Crippen LogP contribution in [-0.4, -0.2) is 21.8 Å². The molecule has 1 atom stereocenters. The van der Waals surface area contributed by atoms with Crippen LogP contribution in [0.5, 0.6) is 0 Å². The molecule has 0 bridgehead atoms. The maximum Gasteiger partial charge on any atom is 0.174 e. The minimum atomic E-state index is 0.110. The van der Waals surface area contributed by atoms with Gasteiger partial charge in [0.1, 0.15) is 5.51 Å². The van der Waals surface area contributed by atoms with Crippen molar-refractivity contribution >= 4 is 28.9 Å². The molecule has 0 spiro atoms. The van der Waals surface area contributed by atoms with Crippen LogP contribution >= 0.6 is 23.1 Å². The molecule has 0 saturated carbocycles. The Labute approximate surface area is 79.1 Å². The van der Waals surface area contributed by atoms with E-state index in [1.165, 1.54) is 11.3 Å². The summed E-state index contributed by atoms with van der Waals surface area (Å²) in [4.78, 5) is 0. The Morgan fingerprint density at radius 1 is 1.92 bits per heavy atom. The zero-order valence-electron chi connectivity index (χ0n) is 6.65. The van der Waals surface area contributed by atoms with E-state index in [2.05, 4.69) is 10.2 Å². The molecule has 1 rings (SSSR count). The van der Waals surface area contributed by atoms with E-state index in [9.17, 15) is 0 Å². The molecule has 12 heavy (non-hydrogen) atoms. The molecule has 1 unspecified atom stereocenters. The van der Waals surface area contributed by atoms with Crippen molar-refractivity contribution in [3.63, 3.8) is 0 Å². The number of nitrogens with one attached hydrogen (secondary N) is 1. The minimum Gasteiger partial charge on any atom is -0.387 e. The molecule has 6 heteroatoms. The van der Waals surface area contributed by atoms with Crippen LogP contribution in [-0.2, 0) is 0 Å². The van der Waals surface area contributed by atoms with Crippen LogP contribution in [0.15, 0.2) is 9.85 Å². The molecule has 0 aliphatic rings. The normalized spacial score (nSPS) is 12.8. The lowest BCUT2D eigenvalue weighted by atomic mass is 10.2. The summed E-state index contributed by atoms with van der Waals surface area (Å²) in [5.41, 5.74) is 7.01. The lowest BCUT2D eigenvalue weighted by Gasteiger charge is -2.05. The van der Waals surface area contributed by atoms with Gasteiger partial charge >= 0.3 is 0 Å². The minimum absolute atomic E-state index is 0.110. The zero-order valence-corrected chi connectivity index (χ0v) is 8.28. The van der Waals surface area contributed by atoms with Crippen molar-refractivity contribution in [3.8, 4) is 0 Å². The molecule has 66 valence electrons. The van der Waals surface area contributed by atoms with Gasteiger partial charge in [0.2, 0.25) is 0 Å². The molecule has 0 aliphatic carbocycles. The largest absolute Gasteiger partial charge is 0.387 e. The summed E-state index contributed by atoms with van der Waals surface area (Å²) in [7, 11) is 0. The van der Waals surface area contributed by atoms with Crippen LogP contribution in [0, 0.1) is 11.3 Å². The molecule has 0 amide bonds. The molecular formula is C6H10N4S2. The molecule has 1 heterocycles. The van der Waals surface area contributed by atoms with E-state index < -0.39 is 0 Å². The fourth-order valence-corrected chi connectivity index (χ4v) is 2.07.